The number of allylic oxidation sites excluding steroid dienone is 6. The molecule has 0 radical (unpaired) electrons. The summed E-state index contributed by atoms with van der Waals surface area (Å²) < 4.78 is 92.8. The molecule has 4 aliphatic rings. The maximum absolute atomic E-state index is 16.8. The van der Waals surface area contributed by atoms with Gasteiger partial charge in [0, 0.05) is 23.0 Å². The molecule has 64 heavy (non-hydrogen) atoms. The number of piperidine rings is 2. The normalized spacial score (nSPS) is 24.6. The van der Waals surface area contributed by atoms with Crippen LogP contribution in [0.5, 0.6) is 0 Å². The van der Waals surface area contributed by atoms with Crippen molar-refractivity contribution in [3.63, 3.8) is 0 Å². The van der Waals surface area contributed by atoms with Gasteiger partial charge in [0.1, 0.15) is 11.5 Å². The number of carbonyl (C=O) groups is 1. The molecule has 4 atom stereocenters. The molecule has 2 saturated heterocycles. The molecule has 2 aromatic heterocycles. The van der Waals surface area contributed by atoms with Crippen LogP contribution in [0.2, 0.25) is 0 Å². The van der Waals surface area contributed by atoms with Gasteiger partial charge in [0.05, 0.1) is 23.9 Å². The third kappa shape index (κ3) is 9.84. The second-order valence-corrected chi connectivity index (χ2v) is 16.9. The van der Waals surface area contributed by atoms with Crippen LogP contribution in [0.3, 0.4) is 0 Å². The van der Waals surface area contributed by atoms with Gasteiger partial charge in [-0.25, -0.2) is 0 Å². The van der Waals surface area contributed by atoms with Crippen molar-refractivity contribution in [1.29, 1.82) is 0 Å². The molecular formula is C45H50F6N10O3. The van der Waals surface area contributed by atoms with Gasteiger partial charge in [0.2, 0.25) is 11.6 Å². The quantitative estimate of drug-likeness (QED) is 0.121. The monoisotopic (exact) mass is 892 g/mol. The van der Waals surface area contributed by atoms with Gasteiger partial charge in [-0.3, -0.25) is 4.79 Å². The van der Waals surface area contributed by atoms with Crippen molar-refractivity contribution >= 4 is 5.78 Å². The fourth-order valence-electron chi connectivity index (χ4n) is 9.98. The smallest absolute Gasteiger partial charge is 0.406 e. The van der Waals surface area contributed by atoms with E-state index in [0.717, 1.165) is 0 Å². The van der Waals surface area contributed by atoms with Crippen LogP contribution in [-0.4, -0.2) is 85.1 Å². The Balaban J connectivity index is 1.29. The summed E-state index contributed by atoms with van der Waals surface area (Å²) in [6.45, 7) is 7.13. The molecule has 0 saturated carbocycles. The lowest BCUT2D eigenvalue weighted by molar-refractivity contribution is -0.304. The summed E-state index contributed by atoms with van der Waals surface area (Å²) in [6, 6.07) is 14.7. The molecule has 0 spiro atoms. The number of aryl methyl sites for hydroxylation is 2. The van der Waals surface area contributed by atoms with Gasteiger partial charge in [-0.05, 0) is 136 Å². The highest BCUT2D eigenvalue weighted by Gasteiger charge is 2.58. The third-order valence-corrected chi connectivity index (χ3v) is 13.0. The van der Waals surface area contributed by atoms with Gasteiger partial charge in [0.15, 0.2) is 5.78 Å². The molecule has 2 aliphatic carbocycles. The number of carbonyl (C=O) groups excluding carboxylic acids is 1. The molecule has 4 unspecified atom stereocenters. The second kappa shape index (κ2) is 18.4. The Hall–Kier alpha value is -5.69. The molecule has 19 heteroatoms. The minimum Gasteiger partial charge on any atom is -0.406 e. The topological polar surface area (TPSA) is 147 Å². The van der Waals surface area contributed by atoms with Gasteiger partial charge < -0.3 is 20.1 Å². The standard InChI is InChI=1S/C45H50F6N10O3/c1-3-60-56-39(54-58-60)33-9-5-29(6-10-33)27-42(19-13-35(63-44(46,47)48)25-37(42)31-15-21-52-22-16-31)41(62)43(28-30-7-11-34(12-8-30)40-55-59-61(4-2)57-40)20-14-36(64-45(49,50)51)26-38(43)32-17-23-53-24-18-32/h5-14,19-20,25-26,31-32,37-38,52-53H,3-4,15-18,21-24,27-28H2,1-2H3. The number of alkyl halides is 6. The van der Waals surface area contributed by atoms with Crippen molar-refractivity contribution in [1.82, 2.24) is 51.0 Å². The minimum atomic E-state index is -5.00. The summed E-state index contributed by atoms with van der Waals surface area (Å²) in [5.74, 6) is -2.51. The van der Waals surface area contributed by atoms with Crippen LogP contribution < -0.4 is 10.6 Å². The summed E-state index contributed by atoms with van der Waals surface area (Å²) >= 11 is 0. The van der Waals surface area contributed by atoms with Crippen molar-refractivity contribution < 1.29 is 40.6 Å². The first-order valence-corrected chi connectivity index (χ1v) is 21.7. The summed E-state index contributed by atoms with van der Waals surface area (Å²) in [5.41, 5.74) is -0.262. The molecule has 4 heterocycles. The van der Waals surface area contributed by atoms with E-state index in [0.29, 0.717) is 98.9 Å². The highest BCUT2D eigenvalue weighted by atomic mass is 19.4. The SMILES string of the molecule is CCn1nnc(-c2ccc(CC3(C(=O)C4(Cc5ccc(-c6nnn(CC)n6)cc5)C=CC(OC(F)(F)F)=CC4C4CCNCC4)C=CC(OC(F)(F)F)=CC3C3CCNCC3)cc2)n1. The lowest BCUT2D eigenvalue weighted by Crippen LogP contribution is -2.56. The van der Waals surface area contributed by atoms with Gasteiger partial charge >= 0.3 is 12.7 Å². The average Bonchev–Trinajstić information content (AvgIpc) is 3.98. The lowest BCUT2D eigenvalue weighted by Gasteiger charge is -2.51. The Morgan fingerprint density at radius 1 is 0.641 bits per heavy atom. The van der Waals surface area contributed by atoms with Crippen LogP contribution >= 0.6 is 0 Å². The molecule has 2 aromatic carbocycles. The summed E-state index contributed by atoms with van der Waals surface area (Å²) in [6.07, 6.45) is 0.836. The first-order chi connectivity index (χ1) is 30.7. The van der Waals surface area contributed by atoms with Gasteiger partial charge in [-0.1, -0.05) is 60.7 Å². The summed E-state index contributed by atoms with van der Waals surface area (Å²) in [5, 5.41) is 32.0. The minimum absolute atomic E-state index is 0.0595. The van der Waals surface area contributed by atoms with Crippen LogP contribution in [0.4, 0.5) is 26.3 Å². The Kier molecular flexibility index (Phi) is 12.9. The number of nitrogens with one attached hydrogen (secondary N) is 2. The number of rotatable bonds is 14. The van der Waals surface area contributed by atoms with Crippen LogP contribution in [0.25, 0.3) is 22.8 Å². The van der Waals surface area contributed by atoms with Gasteiger partial charge in [-0.2, -0.15) is 9.59 Å². The number of tetrazole rings is 2. The summed E-state index contributed by atoms with van der Waals surface area (Å²) in [4.78, 5) is 19.7. The predicted octanol–water partition coefficient (Wildman–Crippen LogP) is 7.57. The molecule has 2 N–H and O–H groups in total. The number of halogens is 6. The van der Waals surface area contributed by atoms with E-state index in [-0.39, 0.29) is 30.5 Å². The number of aromatic nitrogens is 8. The summed E-state index contributed by atoms with van der Waals surface area (Å²) in [7, 11) is 0. The van der Waals surface area contributed by atoms with E-state index in [4.69, 9.17) is 0 Å². The van der Waals surface area contributed by atoms with E-state index >= 15 is 4.79 Å². The molecule has 2 aliphatic heterocycles. The molecule has 8 rings (SSSR count). The molecule has 13 nitrogen and oxygen atoms in total. The predicted molar refractivity (Wildman–Crippen MR) is 222 cm³/mol. The largest absolute Gasteiger partial charge is 0.573 e. The number of benzene rings is 2. The van der Waals surface area contributed by atoms with E-state index < -0.39 is 46.9 Å². The van der Waals surface area contributed by atoms with Crippen molar-refractivity contribution in [3.8, 4) is 22.8 Å². The number of hydrogen-bond donors (Lipinski definition) is 2. The molecule has 0 bridgehead atoms. The van der Waals surface area contributed by atoms with Crippen molar-refractivity contribution in [2.45, 2.75) is 78.2 Å². The molecule has 0 amide bonds. The number of Topliss-reactive ketones (excluding diaryl/α,β-unsaturated/α-hetero) is 1. The zero-order chi connectivity index (χ0) is 45.1. The Morgan fingerprint density at radius 3 is 1.34 bits per heavy atom. The maximum atomic E-state index is 16.8. The van der Waals surface area contributed by atoms with Gasteiger partial charge in [-0.15, -0.1) is 46.7 Å². The van der Waals surface area contributed by atoms with Crippen LogP contribution in [0.15, 0.2) is 96.5 Å². The van der Waals surface area contributed by atoms with E-state index in [1.807, 2.05) is 62.4 Å². The first kappa shape index (κ1) is 44.9. The number of nitrogens with zero attached hydrogens (tertiary/aromatic N) is 8. The molecular weight excluding hydrogens is 843 g/mol. The lowest BCUT2D eigenvalue weighted by atomic mass is 9.50. The van der Waals surface area contributed by atoms with E-state index in [2.05, 4.69) is 50.9 Å². The Labute approximate surface area is 366 Å². The molecule has 340 valence electrons. The average molecular weight is 893 g/mol. The van der Waals surface area contributed by atoms with Crippen LogP contribution in [-0.2, 0) is 40.2 Å². The molecule has 4 aromatic rings. The highest BCUT2D eigenvalue weighted by molar-refractivity contribution is 5.96. The first-order valence-electron chi connectivity index (χ1n) is 21.7. The van der Waals surface area contributed by atoms with Crippen molar-refractivity contribution in [3.05, 3.63) is 108 Å². The fourth-order valence-corrected chi connectivity index (χ4v) is 9.98. The number of ketones is 1. The highest BCUT2D eigenvalue weighted by Crippen LogP contribution is 2.56. The number of hydrogen-bond acceptors (Lipinski definition) is 11. The Morgan fingerprint density at radius 2 is 1.02 bits per heavy atom. The van der Waals surface area contributed by atoms with E-state index in [1.54, 1.807) is 12.2 Å². The van der Waals surface area contributed by atoms with E-state index in [9.17, 15) is 26.3 Å². The zero-order valence-corrected chi connectivity index (χ0v) is 35.4. The van der Waals surface area contributed by atoms with Gasteiger partial charge in [0.25, 0.3) is 0 Å². The third-order valence-electron chi connectivity index (χ3n) is 13.0. The maximum Gasteiger partial charge on any atom is 0.573 e. The van der Waals surface area contributed by atoms with Crippen LogP contribution in [0, 0.1) is 34.5 Å². The Bertz CT molecular complexity index is 2210. The second-order valence-electron chi connectivity index (χ2n) is 16.9. The number of ether oxygens (including phenoxy) is 2. The molecule has 2 fully saturated rings. The fraction of sp³-hybridized carbons (Fsp3) is 0.489. The zero-order valence-electron chi connectivity index (χ0n) is 35.4. The van der Waals surface area contributed by atoms with Crippen molar-refractivity contribution in [2.24, 2.45) is 34.5 Å². The van der Waals surface area contributed by atoms with Crippen LogP contribution in [0.1, 0.15) is 50.7 Å². The van der Waals surface area contributed by atoms with Crippen molar-refractivity contribution in [2.75, 3.05) is 26.2 Å². The van der Waals surface area contributed by atoms with E-state index in [1.165, 1.54) is 33.9 Å².